The van der Waals surface area contributed by atoms with Crippen LogP contribution in [0, 0.1) is 0 Å². The molecule has 0 aliphatic heterocycles. The first-order chi connectivity index (χ1) is 10.4. The summed E-state index contributed by atoms with van der Waals surface area (Å²) < 4.78 is 5.97. The van der Waals surface area contributed by atoms with Gasteiger partial charge in [0.15, 0.2) is 0 Å². The first-order valence-corrected chi connectivity index (χ1v) is 7.99. The molecule has 3 heteroatoms. The Bertz CT molecular complexity index is 693. The maximum Gasteiger partial charge on any atom is 0.123 e. The van der Waals surface area contributed by atoms with Gasteiger partial charge in [-0.2, -0.15) is 0 Å². The van der Waals surface area contributed by atoms with Crippen molar-refractivity contribution in [1.29, 1.82) is 0 Å². The van der Waals surface area contributed by atoms with Crippen LogP contribution in [0.25, 0.3) is 11.3 Å². The summed E-state index contributed by atoms with van der Waals surface area (Å²) >= 11 is 1.62. The van der Waals surface area contributed by atoms with Gasteiger partial charge in [-0.15, -0.1) is 11.3 Å². The van der Waals surface area contributed by atoms with Crippen molar-refractivity contribution < 1.29 is 4.74 Å². The van der Waals surface area contributed by atoms with Crippen molar-refractivity contribution in [2.75, 3.05) is 0 Å². The molecular weight excluding hydrogens is 278 g/mol. The normalized spacial score (nSPS) is 10.5. The van der Waals surface area contributed by atoms with Gasteiger partial charge in [0, 0.05) is 10.9 Å². The molecule has 1 aromatic heterocycles. The van der Waals surface area contributed by atoms with Crippen LogP contribution in [0.1, 0.15) is 18.1 Å². The topological polar surface area (TPSA) is 22.1 Å². The third kappa shape index (κ3) is 3.31. The van der Waals surface area contributed by atoms with Crippen LogP contribution in [0.3, 0.4) is 0 Å². The number of thiazole rings is 1. The lowest BCUT2D eigenvalue weighted by Gasteiger charge is -2.12. The van der Waals surface area contributed by atoms with Gasteiger partial charge >= 0.3 is 0 Å². The van der Waals surface area contributed by atoms with Crippen LogP contribution in [-0.2, 0) is 13.0 Å². The van der Waals surface area contributed by atoms with E-state index in [0.29, 0.717) is 6.61 Å². The van der Waals surface area contributed by atoms with E-state index in [1.165, 1.54) is 11.1 Å². The molecule has 2 aromatic carbocycles. The largest absolute Gasteiger partial charge is 0.489 e. The fourth-order valence-corrected chi connectivity index (χ4v) is 2.81. The average Bonchev–Trinajstić information content (AvgIpc) is 3.08. The maximum atomic E-state index is 5.97. The Morgan fingerprint density at radius 1 is 1.10 bits per heavy atom. The van der Waals surface area contributed by atoms with Gasteiger partial charge in [-0.1, -0.05) is 37.3 Å². The van der Waals surface area contributed by atoms with E-state index < -0.39 is 0 Å². The van der Waals surface area contributed by atoms with Gasteiger partial charge in [0.05, 0.1) is 11.2 Å². The number of hydrogen-bond donors (Lipinski definition) is 0. The fourth-order valence-electron chi connectivity index (χ4n) is 2.25. The quantitative estimate of drug-likeness (QED) is 0.664. The number of nitrogens with zero attached hydrogens (tertiary/aromatic N) is 1. The first kappa shape index (κ1) is 13.8. The van der Waals surface area contributed by atoms with Crippen LogP contribution in [-0.4, -0.2) is 4.98 Å². The molecule has 0 unspecified atom stereocenters. The highest BCUT2D eigenvalue weighted by Gasteiger charge is 2.07. The van der Waals surface area contributed by atoms with Crippen LogP contribution < -0.4 is 4.74 Å². The minimum atomic E-state index is 0.601. The number of benzene rings is 2. The molecule has 3 aromatic rings. The minimum Gasteiger partial charge on any atom is -0.489 e. The third-order valence-corrected chi connectivity index (χ3v) is 3.99. The molecule has 0 N–H and O–H groups in total. The van der Waals surface area contributed by atoms with Crippen LogP contribution in [0.15, 0.2) is 59.4 Å². The Morgan fingerprint density at radius 3 is 2.67 bits per heavy atom. The van der Waals surface area contributed by atoms with E-state index in [-0.39, 0.29) is 0 Å². The monoisotopic (exact) mass is 295 g/mol. The van der Waals surface area contributed by atoms with Crippen LogP contribution in [0.5, 0.6) is 5.75 Å². The SMILES string of the molecule is CCc1cc(-c2cscn2)ccc1OCc1ccccc1. The van der Waals surface area contributed by atoms with Gasteiger partial charge in [0.1, 0.15) is 12.4 Å². The fraction of sp³-hybridized carbons (Fsp3) is 0.167. The van der Waals surface area contributed by atoms with Gasteiger partial charge in [0.2, 0.25) is 0 Å². The Morgan fingerprint density at radius 2 is 1.95 bits per heavy atom. The maximum absolute atomic E-state index is 5.97. The summed E-state index contributed by atoms with van der Waals surface area (Å²) in [5.74, 6) is 0.959. The summed E-state index contributed by atoms with van der Waals surface area (Å²) in [6, 6.07) is 16.5. The highest BCUT2D eigenvalue weighted by molar-refractivity contribution is 7.07. The van der Waals surface area contributed by atoms with E-state index >= 15 is 0 Å². The van der Waals surface area contributed by atoms with Crippen LogP contribution in [0.4, 0.5) is 0 Å². The molecule has 0 bridgehead atoms. The second-order valence-corrected chi connectivity index (χ2v) is 5.54. The molecule has 0 amide bonds. The summed E-state index contributed by atoms with van der Waals surface area (Å²) in [7, 11) is 0. The zero-order chi connectivity index (χ0) is 14.5. The van der Waals surface area contributed by atoms with Gasteiger partial charge in [-0.3, -0.25) is 0 Å². The molecule has 21 heavy (non-hydrogen) atoms. The van der Waals surface area contributed by atoms with Crippen LogP contribution in [0.2, 0.25) is 0 Å². The van der Waals surface area contributed by atoms with Crippen molar-refractivity contribution >= 4 is 11.3 Å². The van der Waals surface area contributed by atoms with Gasteiger partial charge in [0.25, 0.3) is 0 Å². The van der Waals surface area contributed by atoms with E-state index in [0.717, 1.165) is 23.4 Å². The Hall–Kier alpha value is -2.13. The van der Waals surface area contributed by atoms with E-state index in [4.69, 9.17) is 4.74 Å². The second-order valence-electron chi connectivity index (χ2n) is 4.82. The lowest BCUT2D eigenvalue weighted by Crippen LogP contribution is -1.98. The zero-order valence-corrected chi connectivity index (χ0v) is 12.8. The molecule has 0 spiro atoms. The summed E-state index contributed by atoms with van der Waals surface area (Å²) in [4.78, 5) is 4.36. The number of aromatic nitrogens is 1. The molecular formula is C18H17NOS. The first-order valence-electron chi connectivity index (χ1n) is 7.05. The predicted molar refractivity (Wildman–Crippen MR) is 87.7 cm³/mol. The molecule has 0 atom stereocenters. The second kappa shape index (κ2) is 6.55. The Balaban J connectivity index is 1.79. The number of ether oxygens (including phenoxy) is 1. The summed E-state index contributed by atoms with van der Waals surface area (Å²) in [5, 5.41) is 2.07. The molecule has 0 aliphatic rings. The molecule has 3 rings (SSSR count). The van der Waals surface area contributed by atoms with Crippen LogP contribution >= 0.6 is 11.3 Å². The summed E-state index contributed by atoms with van der Waals surface area (Å²) in [6.45, 7) is 2.75. The lowest BCUT2D eigenvalue weighted by molar-refractivity contribution is 0.303. The molecule has 0 fully saturated rings. The molecule has 1 heterocycles. The Kier molecular flexibility index (Phi) is 4.31. The van der Waals surface area contributed by atoms with E-state index in [9.17, 15) is 0 Å². The molecule has 0 saturated carbocycles. The summed E-state index contributed by atoms with van der Waals surface area (Å²) in [5.41, 5.74) is 6.45. The lowest BCUT2D eigenvalue weighted by atomic mass is 10.1. The van der Waals surface area contributed by atoms with E-state index in [1.54, 1.807) is 11.3 Å². The van der Waals surface area contributed by atoms with Crippen molar-refractivity contribution in [2.45, 2.75) is 20.0 Å². The highest BCUT2D eigenvalue weighted by atomic mass is 32.1. The zero-order valence-electron chi connectivity index (χ0n) is 12.0. The standard InChI is InChI=1S/C18H17NOS/c1-2-15-10-16(17-12-21-13-19-17)8-9-18(15)20-11-14-6-4-3-5-7-14/h3-10,12-13H,2,11H2,1H3. The highest BCUT2D eigenvalue weighted by Crippen LogP contribution is 2.27. The number of aryl methyl sites for hydroxylation is 1. The molecule has 0 radical (unpaired) electrons. The van der Waals surface area contributed by atoms with E-state index in [1.807, 2.05) is 23.7 Å². The van der Waals surface area contributed by atoms with Gasteiger partial charge < -0.3 is 4.74 Å². The molecule has 106 valence electrons. The average molecular weight is 295 g/mol. The van der Waals surface area contributed by atoms with Gasteiger partial charge in [-0.05, 0) is 35.7 Å². The van der Waals surface area contributed by atoms with Gasteiger partial charge in [-0.25, -0.2) is 4.98 Å². The summed E-state index contributed by atoms with van der Waals surface area (Å²) in [6.07, 6.45) is 0.947. The predicted octanol–water partition coefficient (Wildman–Crippen LogP) is 4.95. The van der Waals surface area contributed by atoms with Crippen molar-refractivity contribution in [3.63, 3.8) is 0 Å². The minimum absolute atomic E-state index is 0.601. The third-order valence-electron chi connectivity index (χ3n) is 3.41. The van der Waals surface area contributed by atoms with Crippen molar-refractivity contribution in [2.24, 2.45) is 0 Å². The Labute approximate surface area is 129 Å². The molecule has 0 aliphatic carbocycles. The molecule has 0 saturated heterocycles. The molecule has 2 nitrogen and oxygen atoms in total. The number of hydrogen-bond acceptors (Lipinski definition) is 3. The van der Waals surface area contributed by atoms with E-state index in [2.05, 4.69) is 47.6 Å². The smallest absolute Gasteiger partial charge is 0.123 e. The number of rotatable bonds is 5. The van der Waals surface area contributed by atoms with Crippen molar-refractivity contribution in [1.82, 2.24) is 4.98 Å². The van der Waals surface area contributed by atoms with Crippen molar-refractivity contribution in [3.8, 4) is 17.0 Å². The van der Waals surface area contributed by atoms with Crippen molar-refractivity contribution in [3.05, 3.63) is 70.5 Å².